The lowest BCUT2D eigenvalue weighted by Gasteiger charge is -2.38. The molecule has 1 aliphatic rings. The van der Waals surface area contributed by atoms with Crippen molar-refractivity contribution in [2.24, 2.45) is 0 Å². The molecule has 1 heterocycles. The van der Waals surface area contributed by atoms with Gasteiger partial charge in [-0.3, -0.25) is 0 Å². The van der Waals surface area contributed by atoms with Gasteiger partial charge in [-0.25, -0.2) is 0 Å². The molecule has 30 heavy (non-hydrogen) atoms. The van der Waals surface area contributed by atoms with Crippen LogP contribution in [0.25, 0.3) is 0 Å². The molecule has 1 saturated heterocycles. The molecule has 1 fully saturated rings. The van der Waals surface area contributed by atoms with Crippen molar-refractivity contribution >= 4 is 16.5 Å². The van der Waals surface area contributed by atoms with Crippen molar-refractivity contribution in [2.45, 2.75) is 38.3 Å². The Hall–Kier alpha value is -0.106. The molecule has 0 spiro atoms. The number of rotatable bonds is 20. The Labute approximate surface area is 186 Å². The van der Waals surface area contributed by atoms with E-state index in [1.54, 1.807) is 6.08 Å². The summed E-state index contributed by atoms with van der Waals surface area (Å²) in [6.45, 7) is 21.9. The van der Waals surface area contributed by atoms with Gasteiger partial charge in [0, 0.05) is 6.54 Å². The van der Waals surface area contributed by atoms with Crippen molar-refractivity contribution < 1.29 is 28.4 Å². The van der Waals surface area contributed by atoms with E-state index in [4.69, 9.17) is 28.4 Å². The molecule has 0 aromatic rings. The molecule has 0 saturated carbocycles. The summed E-state index contributed by atoms with van der Waals surface area (Å²) in [4.78, 5) is 0. The van der Waals surface area contributed by atoms with Gasteiger partial charge in [0.15, 0.2) is 0 Å². The molecular formula is C21H45NO6Si2. The minimum absolute atomic E-state index is 0.562. The van der Waals surface area contributed by atoms with Crippen LogP contribution in [0.2, 0.25) is 38.3 Å². The fourth-order valence-electron chi connectivity index (χ4n) is 3.73. The van der Waals surface area contributed by atoms with Crippen LogP contribution in [0.3, 0.4) is 0 Å². The number of nitrogens with zero attached hydrogens (tertiary/aromatic N) is 1. The number of hydrogen-bond donors (Lipinski definition) is 0. The zero-order valence-corrected chi connectivity index (χ0v) is 21.8. The van der Waals surface area contributed by atoms with Crippen LogP contribution >= 0.6 is 0 Å². The van der Waals surface area contributed by atoms with E-state index in [9.17, 15) is 0 Å². The molecule has 0 aliphatic carbocycles. The van der Waals surface area contributed by atoms with Crippen molar-refractivity contribution in [3.05, 3.63) is 12.7 Å². The summed E-state index contributed by atoms with van der Waals surface area (Å²) < 4.78 is 35.7. The fraction of sp³-hybridized carbons (Fsp3) is 0.905. The van der Waals surface area contributed by atoms with Gasteiger partial charge in [-0.2, -0.15) is 0 Å². The van der Waals surface area contributed by atoms with Gasteiger partial charge >= 0.3 is 0 Å². The summed E-state index contributed by atoms with van der Waals surface area (Å²) in [6, 6.07) is 2.89. The van der Waals surface area contributed by atoms with Crippen molar-refractivity contribution in [1.29, 1.82) is 0 Å². The first-order valence-electron chi connectivity index (χ1n) is 11.3. The summed E-state index contributed by atoms with van der Waals surface area (Å²) in [7, 11) is -2.35. The lowest BCUT2D eigenvalue weighted by Crippen LogP contribution is -2.55. The molecule has 1 rings (SSSR count). The second kappa shape index (κ2) is 16.5. The third-order valence-electron chi connectivity index (χ3n) is 5.36. The average molecular weight is 464 g/mol. The zero-order valence-electron chi connectivity index (χ0n) is 19.8. The summed E-state index contributed by atoms with van der Waals surface area (Å²) in [5, 5.41) is 0. The molecule has 0 radical (unpaired) electrons. The molecular weight excluding hydrogens is 418 g/mol. The molecule has 0 atom stereocenters. The standard InChI is InChI=1S/C21H45NO6Si2/c1-6-8-23-10-12-25-14-16-27-18-19-28-17-15-26-13-11-24-9-7-22-29(2,3)20-21-30(22,4)5/h6H,1,7-21H2,2-5H3. The van der Waals surface area contributed by atoms with E-state index in [0.717, 1.165) is 13.2 Å². The second-order valence-electron chi connectivity index (χ2n) is 8.70. The SMILES string of the molecule is C=CCOCCOCCOCCOCCOCCOCCN1[Si](C)(C)CC[Si]1(C)C. The van der Waals surface area contributed by atoms with Crippen LogP contribution in [-0.2, 0) is 28.4 Å². The zero-order chi connectivity index (χ0) is 22.1. The Morgan fingerprint density at radius 3 is 1.30 bits per heavy atom. The highest BCUT2D eigenvalue weighted by Gasteiger charge is 2.46. The van der Waals surface area contributed by atoms with Crippen LogP contribution in [0, 0.1) is 0 Å². The molecule has 0 bridgehead atoms. The lowest BCUT2D eigenvalue weighted by molar-refractivity contribution is -0.0157. The van der Waals surface area contributed by atoms with E-state index in [0.29, 0.717) is 72.7 Å². The fourth-order valence-corrected chi connectivity index (χ4v) is 17.8. The molecule has 0 aromatic carbocycles. The van der Waals surface area contributed by atoms with E-state index in [1.807, 2.05) is 0 Å². The highest BCUT2D eigenvalue weighted by atomic mass is 28.4. The van der Waals surface area contributed by atoms with Crippen LogP contribution in [0.5, 0.6) is 0 Å². The predicted octanol–water partition coefficient (Wildman–Crippen LogP) is 3.00. The van der Waals surface area contributed by atoms with Crippen LogP contribution in [0.4, 0.5) is 0 Å². The quantitative estimate of drug-likeness (QED) is 0.156. The first kappa shape index (κ1) is 27.9. The van der Waals surface area contributed by atoms with Crippen molar-refractivity contribution in [3.63, 3.8) is 0 Å². The Kier molecular flexibility index (Phi) is 15.4. The summed E-state index contributed by atoms with van der Waals surface area (Å²) in [5.74, 6) is 0. The van der Waals surface area contributed by atoms with Crippen LogP contribution < -0.4 is 0 Å². The molecule has 9 heteroatoms. The summed E-state index contributed by atoms with van der Waals surface area (Å²) >= 11 is 0. The Morgan fingerprint density at radius 1 is 0.600 bits per heavy atom. The largest absolute Gasteiger partial charge is 0.378 e. The minimum atomic E-state index is -1.18. The lowest BCUT2D eigenvalue weighted by atomic mass is 10.6. The topological polar surface area (TPSA) is 58.6 Å². The molecule has 0 aromatic heterocycles. The van der Waals surface area contributed by atoms with Crippen LogP contribution in [0.1, 0.15) is 0 Å². The Bertz CT molecular complexity index is 424. The van der Waals surface area contributed by atoms with E-state index in [2.05, 4.69) is 37.0 Å². The monoisotopic (exact) mass is 463 g/mol. The van der Waals surface area contributed by atoms with Gasteiger partial charge in [-0.05, 0) is 12.1 Å². The van der Waals surface area contributed by atoms with E-state index < -0.39 is 16.5 Å². The summed E-state index contributed by atoms with van der Waals surface area (Å²) in [6.07, 6.45) is 1.72. The van der Waals surface area contributed by atoms with Gasteiger partial charge < -0.3 is 32.7 Å². The van der Waals surface area contributed by atoms with Crippen molar-refractivity contribution in [2.75, 3.05) is 85.8 Å². The molecule has 7 nitrogen and oxygen atoms in total. The van der Waals surface area contributed by atoms with Gasteiger partial charge in [-0.1, -0.05) is 32.3 Å². The van der Waals surface area contributed by atoms with Gasteiger partial charge in [0.2, 0.25) is 0 Å². The van der Waals surface area contributed by atoms with Gasteiger partial charge in [-0.15, -0.1) is 6.58 Å². The third-order valence-corrected chi connectivity index (χ3v) is 15.8. The van der Waals surface area contributed by atoms with Gasteiger partial charge in [0.05, 0.1) is 79.3 Å². The predicted molar refractivity (Wildman–Crippen MR) is 126 cm³/mol. The molecule has 1 aliphatic heterocycles. The molecule has 178 valence electrons. The first-order valence-corrected chi connectivity index (χ1v) is 17.6. The Morgan fingerprint density at radius 2 is 0.933 bits per heavy atom. The van der Waals surface area contributed by atoms with E-state index in [1.165, 1.54) is 12.1 Å². The average Bonchev–Trinajstić information content (AvgIpc) is 2.91. The smallest absolute Gasteiger partial charge is 0.115 e. The maximum absolute atomic E-state index is 5.79. The van der Waals surface area contributed by atoms with Crippen molar-refractivity contribution in [1.82, 2.24) is 4.23 Å². The number of ether oxygens (including phenoxy) is 6. The third kappa shape index (κ3) is 12.7. The van der Waals surface area contributed by atoms with Crippen molar-refractivity contribution in [3.8, 4) is 0 Å². The summed E-state index contributed by atoms with van der Waals surface area (Å²) in [5.41, 5.74) is 0. The van der Waals surface area contributed by atoms with Crippen LogP contribution in [-0.4, -0.2) is 107 Å². The minimum Gasteiger partial charge on any atom is -0.378 e. The van der Waals surface area contributed by atoms with Gasteiger partial charge in [0.25, 0.3) is 0 Å². The second-order valence-corrected chi connectivity index (χ2v) is 18.5. The highest BCUT2D eigenvalue weighted by Crippen LogP contribution is 2.36. The normalized spacial score (nSPS) is 18.1. The molecule has 0 unspecified atom stereocenters. The number of hydrogen-bond acceptors (Lipinski definition) is 7. The first-order chi connectivity index (χ1) is 14.4. The van der Waals surface area contributed by atoms with Crippen LogP contribution in [0.15, 0.2) is 12.7 Å². The maximum Gasteiger partial charge on any atom is 0.115 e. The molecule has 0 amide bonds. The molecule has 0 N–H and O–H groups in total. The Balaban J connectivity index is 1.78. The highest BCUT2D eigenvalue weighted by molar-refractivity contribution is 6.95. The van der Waals surface area contributed by atoms with E-state index >= 15 is 0 Å². The maximum atomic E-state index is 5.79. The van der Waals surface area contributed by atoms with E-state index in [-0.39, 0.29) is 0 Å². The van der Waals surface area contributed by atoms with Gasteiger partial charge in [0.1, 0.15) is 16.5 Å².